The number of imidazole rings is 1. The summed E-state index contributed by atoms with van der Waals surface area (Å²) in [6.07, 6.45) is -1.35. The van der Waals surface area contributed by atoms with Crippen LogP contribution in [0.3, 0.4) is 0 Å². The number of hydrogen-bond donors (Lipinski definition) is 23. The second-order valence-electron chi connectivity index (χ2n) is 25.3. The van der Waals surface area contributed by atoms with Crippen molar-refractivity contribution < 1.29 is 112 Å². The standard InChI is InChI=1S/C64H98N20O23/c1-31(2)51(62(106)82-44(29-85)60(104)77-39(16-18-47(88)89)57(101)80-42(24-35-27-69-30-72-35)54(98)71-28-50(94)95)83-53(97)33(4)73-52(96)32(3)74-61(105)45-11-8-22-84(45)63(107)40(17-19-48(90)91)78-58(102)41(23-34-12-14-36(86)15-13-34)79-56(100)38(9-5-6-20-65)76-59(103)43(25-49(92)93)81-55(99)37(75-46(87)26-66)10-7-21-70-64(67)68/h12-15,27,30-33,37-45,51,85-86H,5-11,16-26,28-29,65-66H2,1-4H3,(H,69,72)(H,71,98)(H,73,96)(H,74,105)(H,75,87)(H,76,103)(H,77,104)(H,78,102)(H,79,100)(H,80,101)(H,81,99)(H,82,106)(H,83,97)(H,88,89)(H,90,91)(H,92,93)(H,94,95)(H4,67,68,70)/t32-,33-,37-,38-,39-,40-,41-,42-,43-,44-,45-,51-/m0/s1. The summed E-state index contributed by atoms with van der Waals surface area (Å²) in [5.41, 5.74) is 22.6. The van der Waals surface area contributed by atoms with Crippen molar-refractivity contribution in [1.29, 1.82) is 0 Å². The number of phenols is 1. The number of carbonyl (C=O) groups is 17. The highest BCUT2D eigenvalue weighted by Gasteiger charge is 2.41. The van der Waals surface area contributed by atoms with Crippen LogP contribution in [0.2, 0.25) is 0 Å². The number of aromatic nitrogens is 2. The summed E-state index contributed by atoms with van der Waals surface area (Å²) >= 11 is 0. The first-order valence-electron chi connectivity index (χ1n) is 34.1. The molecule has 27 N–H and O–H groups in total. The molecular formula is C64H98N20O23. The zero-order valence-electron chi connectivity index (χ0n) is 59.4. The fourth-order valence-corrected chi connectivity index (χ4v) is 10.6. The SMILES string of the molecule is CC(C)[C@H](NC(=O)[C@H](C)NC(=O)[C@H](C)NC(=O)[C@@H]1CCCN1C(=O)[C@H](CCC(=O)O)NC(=O)[C@H](Cc1ccc(O)cc1)NC(=O)[C@H](CCCCN)NC(=O)[C@H](CC(=O)O)NC(=O)[C@H](CCCN=C(N)N)NC(=O)CN)C(=O)N[C@@H](CO)C(=O)N[C@@H](CCC(=O)O)C(=O)N[C@@H](Cc1cnc[nH]1)C(=O)NCC(=O)O. The number of hydrogen-bond acceptors (Lipinski definition) is 23. The van der Waals surface area contributed by atoms with Gasteiger partial charge in [-0.1, -0.05) is 26.0 Å². The van der Waals surface area contributed by atoms with Gasteiger partial charge in [-0.15, -0.1) is 0 Å². The Morgan fingerprint density at radius 1 is 0.551 bits per heavy atom. The molecule has 0 bridgehead atoms. The summed E-state index contributed by atoms with van der Waals surface area (Å²) in [6.45, 7) is 2.87. The van der Waals surface area contributed by atoms with E-state index in [2.05, 4.69) is 78.8 Å². The van der Waals surface area contributed by atoms with E-state index in [0.717, 1.165) is 4.90 Å². The number of aliphatic carboxylic acids is 4. The number of carboxylic acids is 4. The minimum Gasteiger partial charge on any atom is -0.508 e. The van der Waals surface area contributed by atoms with Gasteiger partial charge in [-0.25, -0.2) is 4.98 Å². The van der Waals surface area contributed by atoms with Crippen molar-refractivity contribution in [2.75, 3.05) is 39.3 Å². The maximum atomic E-state index is 14.6. The van der Waals surface area contributed by atoms with Crippen molar-refractivity contribution in [1.82, 2.24) is 78.7 Å². The van der Waals surface area contributed by atoms with Crippen LogP contribution in [-0.2, 0) is 94.3 Å². The Labute approximate surface area is 612 Å². The molecule has 0 saturated carbocycles. The van der Waals surface area contributed by atoms with Crippen LogP contribution in [0.25, 0.3) is 0 Å². The predicted octanol–water partition coefficient (Wildman–Crippen LogP) is -8.54. The highest BCUT2D eigenvalue weighted by atomic mass is 16.4. The summed E-state index contributed by atoms with van der Waals surface area (Å²) in [5, 5.41) is 86.8. The third kappa shape index (κ3) is 32.1. The molecule has 1 aliphatic rings. The van der Waals surface area contributed by atoms with E-state index in [-0.39, 0.29) is 89.1 Å². The number of unbranched alkanes of at least 4 members (excludes halogenated alkanes) is 1. The number of carbonyl (C=O) groups excluding carboxylic acids is 13. The van der Waals surface area contributed by atoms with Gasteiger partial charge in [0.1, 0.15) is 84.8 Å². The minimum atomic E-state index is -1.89. The molecule has 107 heavy (non-hydrogen) atoms. The fraction of sp³-hybridized carbons (Fsp3) is 0.578. The van der Waals surface area contributed by atoms with E-state index in [4.69, 9.17) is 28.0 Å². The largest absolute Gasteiger partial charge is 0.508 e. The Morgan fingerprint density at radius 2 is 1.06 bits per heavy atom. The molecule has 1 aromatic carbocycles. The normalized spacial score (nSPS) is 15.5. The summed E-state index contributed by atoms with van der Waals surface area (Å²) < 4.78 is 0. The average Bonchev–Trinajstić information content (AvgIpc) is 1.79. The van der Waals surface area contributed by atoms with Gasteiger partial charge in [0.25, 0.3) is 0 Å². The van der Waals surface area contributed by atoms with Crippen molar-refractivity contribution in [2.24, 2.45) is 33.8 Å². The topological polar surface area (TPSA) is 704 Å². The van der Waals surface area contributed by atoms with Crippen LogP contribution in [0.1, 0.15) is 116 Å². The second-order valence-corrected chi connectivity index (χ2v) is 25.3. The van der Waals surface area contributed by atoms with Gasteiger partial charge in [0.05, 0.1) is 25.9 Å². The van der Waals surface area contributed by atoms with Crippen molar-refractivity contribution >= 4 is 107 Å². The highest BCUT2D eigenvalue weighted by molar-refractivity contribution is 6.01. The number of aromatic hydroxyl groups is 1. The Kier molecular flexibility index (Phi) is 38.1. The summed E-state index contributed by atoms with van der Waals surface area (Å²) in [7, 11) is 0. The number of rotatable bonds is 48. The Hall–Kier alpha value is -11.6. The molecule has 0 unspecified atom stereocenters. The van der Waals surface area contributed by atoms with Crippen molar-refractivity contribution in [3.63, 3.8) is 0 Å². The van der Waals surface area contributed by atoms with E-state index >= 15 is 0 Å². The zero-order valence-corrected chi connectivity index (χ0v) is 59.4. The molecule has 43 nitrogen and oxygen atoms in total. The number of aliphatic hydroxyl groups is 1. The smallest absolute Gasteiger partial charge is 0.322 e. The number of nitrogens with two attached hydrogens (primary N) is 4. The predicted molar refractivity (Wildman–Crippen MR) is 372 cm³/mol. The summed E-state index contributed by atoms with van der Waals surface area (Å²) in [6, 6.07) is -13.8. The van der Waals surface area contributed by atoms with Gasteiger partial charge in [0.2, 0.25) is 76.8 Å². The number of benzene rings is 1. The van der Waals surface area contributed by atoms with Crippen LogP contribution in [-0.4, -0.2) is 264 Å². The Balaban J connectivity index is 1.81. The maximum Gasteiger partial charge on any atom is 0.322 e. The number of guanidine groups is 1. The van der Waals surface area contributed by atoms with Crippen LogP contribution in [0, 0.1) is 5.92 Å². The van der Waals surface area contributed by atoms with Gasteiger partial charge in [0, 0.05) is 50.7 Å². The van der Waals surface area contributed by atoms with Crippen molar-refractivity contribution in [2.45, 2.75) is 190 Å². The molecule has 1 saturated heterocycles. The van der Waals surface area contributed by atoms with Gasteiger partial charge < -0.3 is 127 Å². The van der Waals surface area contributed by atoms with E-state index < -0.39 is 231 Å². The monoisotopic (exact) mass is 1510 g/mol. The van der Waals surface area contributed by atoms with Crippen molar-refractivity contribution in [3.8, 4) is 5.75 Å². The lowest BCUT2D eigenvalue weighted by Gasteiger charge is -2.31. The first-order chi connectivity index (χ1) is 50.5. The molecule has 0 spiro atoms. The number of likely N-dealkylation sites (tertiary alicyclic amines) is 1. The maximum absolute atomic E-state index is 14.6. The lowest BCUT2D eigenvalue weighted by Crippen LogP contribution is -2.61. The molecule has 1 fully saturated rings. The molecule has 0 radical (unpaired) electrons. The number of amides is 13. The van der Waals surface area contributed by atoms with E-state index in [0.29, 0.717) is 11.3 Å². The fourth-order valence-electron chi connectivity index (χ4n) is 10.6. The molecule has 43 heteroatoms. The molecule has 592 valence electrons. The summed E-state index contributed by atoms with van der Waals surface area (Å²) in [5.74, 6) is -20.4. The molecule has 2 heterocycles. The van der Waals surface area contributed by atoms with Crippen LogP contribution >= 0.6 is 0 Å². The lowest BCUT2D eigenvalue weighted by molar-refractivity contribution is -0.143. The van der Waals surface area contributed by atoms with Crippen LogP contribution in [0.15, 0.2) is 41.8 Å². The third-order valence-corrected chi connectivity index (χ3v) is 16.4. The average molecular weight is 1520 g/mol. The molecule has 0 aliphatic carbocycles. The molecular weight excluding hydrogens is 1420 g/mol. The number of H-pyrrole nitrogens is 1. The molecule has 3 rings (SSSR count). The molecule has 1 aliphatic heterocycles. The quantitative estimate of drug-likeness (QED) is 0.0166. The minimum absolute atomic E-state index is 0.0110. The molecule has 1 aromatic heterocycles. The number of nitrogens with one attached hydrogen (secondary N) is 13. The number of aliphatic imine (C=N–C) groups is 1. The lowest BCUT2D eigenvalue weighted by atomic mass is 10.0. The molecule has 13 amide bonds. The Morgan fingerprint density at radius 3 is 1.60 bits per heavy atom. The van der Waals surface area contributed by atoms with Crippen LogP contribution in [0.4, 0.5) is 0 Å². The van der Waals surface area contributed by atoms with Gasteiger partial charge in [-0.05, 0) is 102 Å². The van der Waals surface area contributed by atoms with Gasteiger partial charge in [0.15, 0.2) is 5.96 Å². The zero-order chi connectivity index (χ0) is 80.2. The first-order valence-corrected chi connectivity index (χ1v) is 34.1. The third-order valence-electron chi connectivity index (χ3n) is 16.4. The number of nitrogens with zero attached hydrogens (tertiary/aromatic N) is 3. The van der Waals surface area contributed by atoms with E-state index in [1.165, 1.54) is 64.5 Å². The number of aliphatic hydroxyl groups excluding tert-OH is 1. The van der Waals surface area contributed by atoms with Crippen LogP contribution < -0.4 is 86.7 Å². The van der Waals surface area contributed by atoms with Gasteiger partial charge in [-0.2, -0.15) is 0 Å². The van der Waals surface area contributed by atoms with E-state index in [1.54, 1.807) is 0 Å². The molecule has 2 aromatic rings. The number of carboxylic acid groups (broad SMARTS) is 4. The number of aromatic amines is 1. The molecule has 12 atom stereocenters. The van der Waals surface area contributed by atoms with Crippen molar-refractivity contribution in [3.05, 3.63) is 48.0 Å². The van der Waals surface area contributed by atoms with Gasteiger partial charge >= 0.3 is 23.9 Å². The first kappa shape index (κ1) is 89.6. The second kappa shape index (κ2) is 45.6. The van der Waals surface area contributed by atoms with Gasteiger partial charge in [-0.3, -0.25) is 86.5 Å². The summed E-state index contributed by atoms with van der Waals surface area (Å²) in [4.78, 5) is 237. The van der Waals surface area contributed by atoms with E-state index in [1.807, 2.05) is 0 Å². The Bertz CT molecular complexity index is 3470. The number of phenolic OH excluding ortho intramolecular Hbond substituents is 1. The van der Waals surface area contributed by atoms with Crippen LogP contribution in [0.5, 0.6) is 5.75 Å². The van der Waals surface area contributed by atoms with E-state index in [9.17, 15) is 107 Å². The highest BCUT2D eigenvalue weighted by Crippen LogP contribution is 2.21.